The molecule has 0 saturated carbocycles. The zero-order valence-corrected chi connectivity index (χ0v) is 14.0. The third-order valence-corrected chi connectivity index (χ3v) is 4.25. The molecule has 134 valence electrons. The van der Waals surface area contributed by atoms with Crippen LogP contribution in [-0.4, -0.2) is 23.0 Å². The fraction of sp³-hybridized carbons (Fsp3) is 0.211. The second kappa shape index (κ2) is 6.74. The first-order valence-electron chi connectivity index (χ1n) is 7.81. The largest absolute Gasteiger partial charge is 0.465 e. The molecule has 3 aromatic rings. The number of fused-ring (bicyclic) bond motifs is 1. The van der Waals surface area contributed by atoms with Gasteiger partial charge >= 0.3 is 12.1 Å². The van der Waals surface area contributed by atoms with Gasteiger partial charge in [0, 0.05) is 23.7 Å². The number of nitrogens with zero attached hydrogens (tertiary/aromatic N) is 2. The van der Waals surface area contributed by atoms with Gasteiger partial charge < -0.3 is 4.74 Å². The summed E-state index contributed by atoms with van der Waals surface area (Å²) in [5, 5.41) is 0.591. The van der Waals surface area contributed by atoms with E-state index in [-0.39, 0.29) is 5.92 Å². The standard InChI is InChI=1S/C19H15F3N2O2/c1-11(13-5-7-24-17(10-13)19(20,21)22)12-3-4-16-15(9-12)14(6-8-23-16)18(25)26-2/h3-11H,1-2H3/t11-/m1/s1. The molecular formula is C19H15F3N2O2. The summed E-state index contributed by atoms with van der Waals surface area (Å²) in [6.07, 6.45) is -1.84. The number of methoxy groups -OCH3 is 1. The molecule has 0 aliphatic heterocycles. The second-order valence-electron chi connectivity index (χ2n) is 5.82. The number of carbonyl (C=O) groups is 1. The lowest BCUT2D eigenvalue weighted by Crippen LogP contribution is -2.09. The SMILES string of the molecule is COC(=O)c1ccnc2ccc([C@@H](C)c3ccnc(C(F)(F)F)c3)cc12. The topological polar surface area (TPSA) is 52.1 Å². The highest BCUT2D eigenvalue weighted by Gasteiger charge is 2.32. The molecule has 7 heteroatoms. The molecule has 26 heavy (non-hydrogen) atoms. The Bertz CT molecular complexity index is 970. The Balaban J connectivity index is 2.07. The van der Waals surface area contributed by atoms with Gasteiger partial charge in [-0.05, 0) is 41.5 Å². The molecule has 1 aromatic carbocycles. The molecule has 0 bridgehead atoms. The van der Waals surface area contributed by atoms with Crippen molar-refractivity contribution in [2.75, 3.05) is 7.11 Å². The first-order chi connectivity index (χ1) is 12.3. The van der Waals surface area contributed by atoms with Crippen molar-refractivity contribution in [3.63, 3.8) is 0 Å². The molecule has 1 atom stereocenters. The third-order valence-electron chi connectivity index (χ3n) is 4.25. The number of benzene rings is 1. The molecule has 0 spiro atoms. The number of aromatic nitrogens is 2. The van der Waals surface area contributed by atoms with Crippen molar-refractivity contribution in [3.8, 4) is 0 Å². The molecule has 0 fully saturated rings. The van der Waals surface area contributed by atoms with Gasteiger partial charge in [0.25, 0.3) is 0 Å². The highest BCUT2D eigenvalue weighted by molar-refractivity contribution is 6.03. The Hall–Kier alpha value is -2.96. The van der Waals surface area contributed by atoms with Crippen molar-refractivity contribution in [2.45, 2.75) is 19.0 Å². The van der Waals surface area contributed by atoms with Gasteiger partial charge in [0.15, 0.2) is 0 Å². The van der Waals surface area contributed by atoms with E-state index < -0.39 is 17.8 Å². The Kier molecular flexibility index (Phi) is 4.63. The second-order valence-corrected chi connectivity index (χ2v) is 5.82. The van der Waals surface area contributed by atoms with Gasteiger partial charge in [-0.15, -0.1) is 0 Å². The molecule has 3 rings (SSSR count). The monoisotopic (exact) mass is 360 g/mol. The number of hydrogen-bond donors (Lipinski definition) is 0. The van der Waals surface area contributed by atoms with Gasteiger partial charge in [0.1, 0.15) is 5.69 Å². The van der Waals surface area contributed by atoms with E-state index in [9.17, 15) is 18.0 Å². The van der Waals surface area contributed by atoms with Crippen molar-refractivity contribution in [3.05, 3.63) is 71.2 Å². The molecule has 2 aromatic heterocycles. The highest BCUT2D eigenvalue weighted by Crippen LogP contribution is 2.32. The molecule has 0 radical (unpaired) electrons. The average molecular weight is 360 g/mol. The lowest BCUT2D eigenvalue weighted by Gasteiger charge is -2.15. The van der Waals surface area contributed by atoms with Crippen LogP contribution < -0.4 is 0 Å². The Morgan fingerprint density at radius 3 is 2.42 bits per heavy atom. The Morgan fingerprint density at radius 1 is 1.04 bits per heavy atom. The lowest BCUT2D eigenvalue weighted by atomic mass is 9.91. The number of halogens is 3. The lowest BCUT2D eigenvalue weighted by molar-refractivity contribution is -0.141. The molecular weight excluding hydrogens is 345 g/mol. The fourth-order valence-electron chi connectivity index (χ4n) is 2.78. The Labute approximate surface area is 147 Å². The minimum atomic E-state index is -4.50. The number of alkyl halides is 3. The fourth-order valence-corrected chi connectivity index (χ4v) is 2.78. The van der Waals surface area contributed by atoms with Crippen LogP contribution >= 0.6 is 0 Å². The van der Waals surface area contributed by atoms with Crippen LogP contribution in [0.2, 0.25) is 0 Å². The van der Waals surface area contributed by atoms with Crippen molar-refractivity contribution in [1.29, 1.82) is 0 Å². The Morgan fingerprint density at radius 2 is 1.73 bits per heavy atom. The maximum Gasteiger partial charge on any atom is 0.433 e. The van der Waals surface area contributed by atoms with Crippen LogP contribution in [0.15, 0.2) is 48.8 Å². The molecule has 0 saturated heterocycles. The van der Waals surface area contributed by atoms with E-state index >= 15 is 0 Å². The number of esters is 1. The maximum absolute atomic E-state index is 12.9. The van der Waals surface area contributed by atoms with E-state index in [4.69, 9.17) is 4.74 Å². The van der Waals surface area contributed by atoms with Crippen molar-refractivity contribution in [2.24, 2.45) is 0 Å². The van der Waals surface area contributed by atoms with Gasteiger partial charge in [0.2, 0.25) is 0 Å². The first-order valence-corrected chi connectivity index (χ1v) is 7.81. The molecule has 0 aliphatic carbocycles. The summed E-state index contributed by atoms with van der Waals surface area (Å²) in [5.74, 6) is -0.820. The zero-order chi connectivity index (χ0) is 18.9. The molecule has 0 N–H and O–H groups in total. The maximum atomic E-state index is 12.9. The van der Waals surface area contributed by atoms with Gasteiger partial charge in [0.05, 0.1) is 18.2 Å². The van der Waals surface area contributed by atoms with Crippen LogP contribution in [0.1, 0.15) is 40.0 Å². The molecule has 4 nitrogen and oxygen atoms in total. The number of hydrogen-bond acceptors (Lipinski definition) is 4. The van der Waals surface area contributed by atoms with E-state index in [1.165, 1.54) is 13.3 Å². The van der Waals surface area contributed by atoms with Crippen molar-refractivity contribution < 1.29 is 22.7 Å². The van der Waals surface area contributed by atoms with Crippen LogP contribution in [0, 0.1) is 0 Å². The van der Waals surface area contributed by atoms with E-state index in [1.807, 2.05) is 0 Å². The van der Waals surface area contributed by atoms with E-state index in [2.05, 4.69) is 9.97 Å². The van der Waals surface area contributed by atoms with Crippen LogP contribution in [-0.2, 0) is 10.9 Å². The number of pyridine rings is 2. The minimum absolute atomic E-state index is 0.325. The van der Waals surface area contributed by atoms with Crippen molar-refractivity contribution >= 4 is 16.9 Å². The van der Waals surface area contributed by atoms with E-state index in [0.717, 1.165) is 17.8 Å². The van der Waals surface area contributed by atoms with Crippen LogP contribution in [0.5, 0.6) is 0 Å². The summed E-state index contributed by atoms with van der Waals surface area (Å²) in [4.78, 5) is 19.6. The summed E-state index contributed by atoms with van der Waals surface area (Å²) in [5.41, 5.74) is 1.27. The van der Waals surface area contributed by atoms with E-state index in [0.29, 0.717) is 22.0 Å². The predicted octanol–water partition coefficient (Wildman–Crippen LogP) is 4.59. The summed E-state index contributed by atoms with van der Waals surface area (Å²) in [7, 11) is 1.29. The zero-order valence-electron chi connectivity index (χ0n) is 14.0. The quantitative estimate of drug-likeness (QED) is 0.641. The number of rotatable bonds is 3. The summed E-state index contributed by atoms with van der Waals surface area (Å²) < 4.78 is 43.5. The number of ether oxygens (including phenoxy) is 1. The summed E-state index contributed by atoms with van der Waals surface area (Å²) in [6, 6.07) is 9.42. The summed E-state index contributed by atoms with van der Waals surface area (Å²) in [6.45, 7) is 1.80. The normalized spacial score (nSPS) is 12.8. The van der Waals surface area contributed by atoms with E-state index in [1.54, 1.807) is 37.3 Å². The van der Waals surface area contributed by atoms with Crippen LogP contribution in [0.4, 0.5) is 13.2 Å². The van der Waals surface area contributed by atoms with Crippen molar-refractivity contribution in [1.82, 2.24) is 9.97 Å². The molecule has 0 amide bonds. The smallest absolute Gasteiger partial charge is 0.433 e. The molecule has 2 heterocycles. The highest BCUT2D eigenvalue weighted by atomic mass is 19.4. The first kappa shape index (κ1) is 17.8. The van der Waals surface area contributed by atoms with Gasteiger partial charge in [-0.25, -0.2) is 4.79 Å². The third kappa shape index (κ3) is 3.37. The van der Waals surface area contributed by atoms with Crippen LogP contribution in [0.25, 0.3) is 10.9 Å². The van der Waals surface area contributed by atoms with Gasteiger partial charge in [-0.3, -0.25) is 9.97 Å². The number of carbonyl (C=O) groups excluding carboxylic acids is 1. The van der Waals surface area contributed by atoms with Gasteiger partial charge in [-0.1, -0.05) is 13.0 Å². The minimum Gasteiger partial charge on any atom is -0.465 e. The van der Waals surface area contributed by atoms with Gasteiger partial charge in [-0.2, -0.15) is 13.2 Å². The molecule has 0 aliphatic rings. The average Bonchev–Trinajstić information content (AvgIpc) is 2.65. The molecule has 0 unspecified atom stereocenters. The summed E-state index contributed by atoms with van der Waals surface area (Å²) >= 11 is 0. The van der Waals surface area contributed by atoms with Crippen LogP contribution in [0.3, 0.4) is 0 Å². The predicted molar refractivity (Wildman–Crippen MR) is 89.8 cm³/mol.